The van der Waals surface area contributed by atoms with Gasteiger partial charge < -0.3 is 9.15 Å². The van der Waals surface area contributed by atoms with Gasteiger partial charge in [-0.2, -0.15) is 0 Å². The van der Waals surface area contributed by atoms with Crippen molar-refractivity contribution >= 4 is 11.0 Å². The number of fused-ring (bicyclic) bond motifs is 1. The van der Waals surface area contributed by atoms with Crippen LogP contribution in [0.4, 0.5) is 0 Å². The number of para-hydroxylation sites is 1. The zero-order valence-corrected chi connectivity index (χ0v) is 18.7. The molecule has 0 spiro atoms. The van der Waals surface area contributed by atoms with Gasteiger partial charge in [-0.15, -0.1) is 0 Å². The Bertz CT molecular complexity index is 1240. The van der Waals surface area contributed by atoms with E-state index in [1.807, 2.05) is 54.9 Å². The lowest BCUT2D eigenvalue weighted by Crippen LogP contribution is -2.33. The van der Waals surface area contributed by atoms with E-state index in [1.165, 1.54) is 18.4 Å². The summed E-state index contributed by atoms with van der Waals surface area (Å²) in [5, 5.41) is 0.601. The molecule has 0 N–H and O–H groups in total. The second kappa shape index (κ2) is 10.0. The fourth-order valence-corrected chi connectivity index (χ4v) is 4.48. The molecular formula is C28H28N2O3. The Labute approximate surface area is 193 Å². The van der Waals surface area contributed by atoms with E-state index in [-0.39, 0.29) is 5.43 Å². The second-order valence-electron chi connectivity index (χ2n) is 8.71. The minimum Gasteiger partial charge on any atom is -0.494 e. The van der Waals surface area contributed by atoms with Crippen LogP contribution in [0.2, 0.25) is 0 Å². The van der Waals surface area contributed by atoms with Crippen molar-refractivity contribution in [3.63, 3.8) is 0 Å². The first-order valence-electron chi connectivity index (χ1n) is 11.6. The SMILES string of the molecule is O=c1cc(-c2ccc(OCCC3CCN(Cc4ccncc4)CC3)cc2)oc2ccccc12. The molecule has 0 radical (unpaired) electrons. The van der Waals surface area contributed by atoms with Crippen molar-refractivity contribution in [2.75, 3.05) is 19.7 Å². The highest BCUT2D eigenvalue weighted by Gasteiger charge is 2.19. The van der Waals surface area contributed by atoms with Gasteiger partial charge in [0.15, 0.2) is 5.43 Å². The van der Waals surface area contributed by atoms with Gasteiger partial charge >= 0.3 is 0 Å². The normalized spacial score (nSPS) is 15.0. The molecule has 0 bridgehead atoms. The first-order chi connectivity index (χ1) is 16.2. The number of nitrogens with zero attached hydrogens (tertiary/aromatic N) is 2. The largest absolute Gasteiger partial charge is 0.494 e. The van der Waals surface area contributed by atoms with Crippen LogP contribution in [0.15, 0.2) is 88.3 Å². The van der Waals surface area contributed by atoms with Gasteiger partial charge in [0.25, 0.3) is 0 Å². The molecule has 0 saturated carbocycles. The van der Waals surface area contributed by atoms with E-state index in [4.69, 9.17) is 9.15 Å². The summed E-state index contributed by atoms with van der Waals surface area (Å²) in [7, 11) is 0. The van der Waals surface area contributed by atoms with Crippen LogP contribution in [0.1, 0.15) is 24.8 Å². The number of likely N-dealkylation sites (tertiary alicyclic amines) is 1. The molecule has 2 aromatic carbocycles. The number of aromatic nitrogens is 1. The lowest BCUT2D eigenvalue weighted by atomic mass is 9.93. The minimum absolute atomic E-state index is 0.0287. The highest BCUT2D eigenvalue weighted by atomic mass is 16.5. The maximum Gasteiger partial charge on any atom is 0.193 e. The first-order valence-corrected chi connectivity index (χ1v) is 11.6. The minimum atomic E-state index is -0.0287. The smallest absolute Gasteiger partial charge is 0.193 e. The summed E-state index contributed by atoms with van der Waals surface area (Å²) in [6, 6.07) is 20.8. The number of hydrogen-bond donors (Lipinski definition) is 0. The number of pyridine rings is 1. The van der Waals surface area contributed by atoms with Crippen molar-refractivity contribution in [3.05, 3.63) is 94.9 Å². The van der Waals surface area contributed by atoms with Gasteiger partial charge in [-0.25, -0.2) is 0 Å². The van der Waals surface area contributed by atoms with Crippen molar-refractivity contribution in [1.29, 1.82) is 0 Å². The molecular weight excluding hydrogens is 412 g/mol. The molecule has 1 aliphatic heterocycles. The quantitative estimate of drug-likeness (QED) is 0.378. The van der Waals surface area contributed by atoms with Gasteiger partial charge in [-0.05, 0) is 92.4 Å². The fraction of sp³-hybridized carbons (Fsp3) is 0.286. The van der Waals surface area contributed by atoms with Crippen LogP contribution >= 0.6 is 0 Å². The highest BCUT2D eigenvalue weighted by Crippen LogP contribution is 2.26. The van der Waals surface area contributed by atoms with Crippen molar-refractivity contribution in [1.82, 2.24) is 9.88 Å². The summed E-state index contributed by atoms with van der Waals surface area (Å²) < 4.78 is 11.9. The predicted molar refractivity (Wildman–Crippen MR) is 130 cm³/mol. The third-order valence-electron chi connectivity index (χ3n) is 6.43. The van der Waals surface area contributed by atoms with Crippen LogP contribution in [0.5, 0.6) is 5.75 Å². The summed E-state index contributed by atoms with van der Waals surface area (Å²) in [5.74, 6) is 2.13. The van der Waals surface area contributed by atoms with Crippen molar-refractivity contribution < 1.29 is 9.15 Å². The topological polar surface area (TPSA) is 55.6 Å². The molecule has 2 aromatic heterocycles. The van der Waals surface area contributed by atoms with Gasteiger partial charge in [-0.3, -0.25) is 14.7 Å². The molecule has 0 atom stereocenters. The number of piperidine rings is 1. The van der Waals surface area contributed by atoms with Gasteiger partial charge in [0.1, 0.15) is 17.1 Å². The zero-order valence-electron chi connectivity index (χ0n) is 18.7. The third kappa shape index (κ3) is 5.32. The van der Waals surface area contributed by atoms with Gasteiger partial charge in [0, 0.05) is 30.6 Å². The Hall–Kier alpha value is -3.44. The maximum atomic E-state index is 12.4. The van der Waals surface area contributed by atoms with Crippen LogP contribution in [-0.2, 0) is 6.54 Å². The summed E-state index contributed by atoms with van der Waals surface area (Å²) in [6.45, 7) is 4.01. The Balaban J connectivity index is 1.10. The van der Waals surface area contributed by atoms with Crippen molar-refractivity contribution in [2.45, 2.75) is 25.8 Å². The monoisotopic (exact) mass is 440 g/mol. The lowest BCUT2D eigenvalue weighted by molar-refractivity contribution is 0.157. The number of benzene rings is 2. The number of hydrogen-bond acceptors (Lipinski definition) is 5. The number of rotatable bonds is 7. The molecule has 0 aliphatic carbocycles. The molecule has 1 aliphatic rings. The summed E-state index contributed by atoms with van der Waals surface area (Å²) in [6.07, 6.45) is 7.24. The molecule has 4 aromatic rings. The van der Waals surface area contributed by atoms with Crippen LogP contribution < -0.4 is 10.2 Å². The van der Waals surface area contributed by atoms with E-state index >= 15 is 0 Å². The van der Waals surface area contributed by atoms with E-state index in [9.17, 15) is 4.79 Å². The first kappa shape index (κ1) is 21.4. The van der Waals surface area contributed by atoms with Gasteiger partial charge in [-0.1, -0.05) is 12.1 Å². The Morgan fingerprint density at radius 1 is 0.970 bits per heavy atom. The summed E-state index contributed by atoms with van der Waals surface area (Å²) >= 11 is 0. The average Bonchev–Trinajstić information content (AvgIpc) is 2.86. The third-order valence-corrected chi connectivity index (χ3v) is 6.43. The fourth-order valence-electron chi connectivity index (χ4n) is 4.48. The summed E-state index contributed by atoms with van der Waals surface area (Å²) in [5.41, 5.74) is 2.77. The molecule has 5 heteroatoms. The molecule has 33 heavy (non-hydrogen) atoms. The number of ether oxygens (including phenoxy) is 1. The van der Waals surface area contributed by atoms with E-state index in [0.717, 1.165) is 44.0 Å². The molecule has 1 saturated heterocycles. The molecule has 0 unspecified atom stereocenters. The molecule has 1 fully saturated rings. The Morgan fingerprint density at radius 3 is 2.52 bits per heavy atom. The standard InChI is InChI=1S/C28H28N2O3/c31-26-19-28(33-27-4-2-1-3-25(26)27)23-5-7-24(8-6-23)32-18-13-21-11-16-30(17-12-21)20-22-9-14-29-15-10-22/h1-10,14-15,19,21H,11-13,16-18,20H2. The van der Waals surface area contributed by atoms with Crippen LogP contribution in [-0.4, -0.2) is 29.6 Å². The molecule has 3 heterocycles. The van der Waals surface area contributed by atoms with E-state index in [2.05, 4.69) is 22.0 Å². The Morgan fingerprint density at radius 2 is 1.73 bits per heavy atom. The van der Waals surface area contributed by atoms with Crippen molar-refractivity contribution in [2.24, 2.45) is 5.92 Å². The Kier molecular flexibility index (Phi) is 6.49. The maximum absolute atomic E-state index is 12.4. The van der Waals surface area contributed by atoms with Crippen LogP contribution in [0.25, 0.3) is 22.3 Å². The van der Waals surface area contributed by atoms with Crippen molar-refractivity contribution in [3.8, 4) is 17.1 Å². The average molecular weight is 441 g/mol. The molecule has 5 rings (SSSR count). The predicted octanol–water partition coefficient (Wildman–Crippen LogP) is 5.54. The van der Waals surface area contributed by atoms with E-state index in [0.29, 0.717) is 22.6 Å². The summed E-state index contributed by atoms with van der Waals surface area (Å²) in [4.78, 5) is 19.0. The molecule has 5 nitrogen and oxygen atoms in total. The van der Waals surface area contributed by atoms with E-state index < -0.39 is 0 Å². The highest BCUT2D eigenvalue weighted by molar-refractivity contribution is 5.78. The van der Waals surface area contributed by atoms with Crippen LogP contribution in [0, 0.1) is 5.92 Å². The van der Waals surface area contributed by atoms with E-state index in [1.54, 1.807) is 12.1 Å². The molecule has 168 valence electrons. The van der Waals surface area contributed by atoms with Gasteiger partial charge in [0.05, 0.1) is 12.0 Å². The molecule has 0 amide bonds. The second-order valence-corrected chi connectivity index (χ2v) is 8.71. The lowest BCUT2D eigenvalue weighted by Gasteiger charge is -2.31. The van der Waals surface area contributed by atoms with Gasteiger partial charge in [0.2, 0.25) is 0 Å². The zero-order chi connectivity index (χ0) is 22.5. The van der Waals surface area contributed by atoms with Crippen LogP contribution in [0.3, 0.4) is 0 Å².